The maximum absolute atomic E-state index is 10.5. The third-order valence-electron chi connectivity index (χ3n) is 2.40. The smallest absolute Gasteiger partial charge is 1.00 e. The van der Waals surface area contributed by atoms with Gasteiger partial charge in [0, 0.05) is 12.1 Å². The van der Waals surface area contributed by atoms with Crippen LogP contribution in [0.1, 0.15) is 8.35 Å². The monoisotopic (exact) mass is 248 g/mol. The molecule has 0 saturated heterocycles. The summed E-state index contributed by atoms with van der Waals surface area (Å²) in [6.45, 7) is 2.53. The van der Waals surface area contributed by atoms with E-state index in [-0.39, 0.29) is 42.7 Å². The summed E-state index contributed by atoms with van der Waals surface area (Å²) in [6.07, 6.45) is 0. The summed E-state index contributed by atoms with van der Waals surface area (Å²) in [5.41, 5.74) is 0.0509. The SMILES string of the molecule is CC(COc1cccc([N+](=O)[O-])c1)N(C)C.[H-].[Na+]. The van der Waals surface area contributed by atoms with Crippen molar-refractivity contribution < 1.29 is 40.6 Å². The molecule has 1 unspecified atom stereocenters. The fourth-order valence-electron chi connectivity index (χ4n) is 1.05. The first-order chi connectivity index (χ1) is 7.50. The van der Waals surface area contributed by atoms with E-state index >= 15 is 0 Å². The van der Waals surface area contributed by atoms with Crippen molar-refractivity contribution in [3.8, 4) is 5.75 Å². The van der Waals surface area contributed by atoms with Crippen molar-refractivity contribution in [2.24, 2.45) is 0 Å². The number of nitrogens with zero attached hydrogens (tertiary/aromatic N) is 2. The molecule has 0 amide bonds. The maximum Gasteiger partial charge on any atom is 1.00 e. The normalized spacial score (nSPS) is 11.8. The average molecular weight is 248 g/mol. The second-order valence-electron chi connectivity index (χ2n) is 3.88. The Morgan fingerprint density at radius 1 is 1.53 bits per heavy atom. The molecular weight excluding hydrogens is 231 g/mol. The summed E-state index contributed by atoms with van der Waals surface area (Å²) in [4.78, 5) is 12.1. The Balaban J connectivity index is 0. The molecule has 1 atom stereocenters. The number of hydrogen-bond donors (Lipinski definition) is 0. The van der Waals surface area contributed by atoms with E-state index in [4.69, 9.17) is 4.74 Å². The van der Waals surface area contributed by atoms with Gasteiger partial charge >= 0.3 is 29.6 Å². The van der Waals surface area contributed by atoms with Gasteiger partial charge in [-0.15, -0.1) is 0 Å². The van der Waals surface area contributed by atoms with Crippen molar-refractivity contribution in [1.29, 1.82) is 0 Å². The predicted octanol–water partition coefficient (Wildman–Crippen LogP) is -0.960. The number of ether oxygens (including phenoxy) is 1. The van der Waals surface area contributed by atoms with Crippen molar-refractivity contribution in [3.05, 3.63) is 34.4 Å². The van der Waals surface area contributed by atoms with Gasteiger partial charge in [0.2, 0.25) is 0 Å². The van der Waals surface area contributed by atoms with Gasteiger partial charge in [0.15, 0.2) is 0 Å². The van der Waals surface area contributed by atoms with Crippen LogP contribution in [0, 0.1) is 10.1 Å². The van der Waals surface area contributed by atoms with E-state index in [1.54, 1.807) is 12.1 Å². The van der Waals surface area contributed by atoms with Crippen LogP contribution >= 0.6 is 0 Å². The summed E-state index contributed by atoms with van der Waals surface area (Å²) in [5.74, 6) is 0.530. The molecule has 0 aliphatic rings. The molecule has 0 bridgehead atoms. The van der Waals surface area contributed by atoms with E-state index in [0.29, 0.717) is 12.4 Å². The van der Waals surface area contributed by atoms with Gasteiger partial charge in [-0.3, -0.25) is 10.1 Å². The molecule has 1 rings (SSSR count). The molecule has 1 aromatic carbocycles. The fraction of sp³-hybridized carbons (Fsp3) is 0.455. The first-order valence-corrected chi connectivity index (χ1v) is 5.04. The summed E-state index contributed by atoms with van der Waals surface area (Å²) in [6, 6.07) is 6.48. The van der Waals surface area contributed by atoms with Gasteiger partial charge in [-0.25, -0.2) is 0 Å². The van der Waals surface area contributed by atoms with Crippen LogP contribution in [-0.2, 0) is 0 Å². The fourth-order valence-corrected chi connectivity index (χ4v) is 1.05. The van der Waals surface area contributed by atoms with Gasteiger partial charge in [-0.2, -0.15) is 0 Å². The van der Waals surface area contributed by atoms with Crippen molar-refractivity contribution in [1.82, 2.24) is 4.90 Å². The van der Waals surface area contributed by atoms with E-state index in [0.717, 1.165) is 0 Å². The second kappa shape index (κ2) is 7.66. The van der Waals surface area contributed by atoms with Gasteiger partial charge in [0.05, 0.1) is 11.0 Å². The Morgan fingerprint density at radius 2 is 2.18 bits per heavy atom. The minimum Gasteiger partial charge on any atom is -1.00 e. The zero-order valence-electron chi connectivity index (χ0n) is 11.7. The van der Waals surface area contributed by atoms with Crippen molar-refractivity contribution in [2.75, 3.05) is 20.7 Å². The molecule has 0 fully saturated rings. The van der Waals surface area contributed by atoms with Gasteiger partial charge in [0.25, 0.3) is 5.69 Å². The van der Waals surface area contributed by atoms with Crippen molar-refractivity contribution in [3.63, 3.8) is 0 Å². The molecule has 0 radical (unpaired) electrons. The molecule has 0 spiro atoms. The van der Waals surface area contributed by atoms with Crippen LogP contribution in [0.3, 0.4) is 0 Å². The van der Waals surface area contributed by atoms with E-state index in [1.807, 2.05) is 25.9 Å². The van der Waals surface area contributed by atoms with Crippen LogP contribution in [-0.4, -0.2) is 36.6 Å². The predicted molar refractivity (Wildman–Crippen MR) is 62.9 cm³/mol. The molecule has 0 aromatic heterocycles. The van der Waals surface area contributed by atoms with Crippen molar-refractivity contribution >= 4 is 5.69 Å². The quantitative estimate of drug-likeness (QED) is 0.382. The van der Waals surface area contributed by atoms with Crippen molar-refractivity contribution in [2.45, 2.75) is 13.0 Å². The van der Waals surface area contributed by atoms with Crippen LogP contribution in [0.2, 0.25) is 0 Å². The summed E-state index contributed by atoms with van der Waals surface area (Å²) < 4.78 is 5.47. The number of rotatable bonds is 5. The van der Waals surface area contributed by atoms with Gasteiger partial charge < -0.3 is 11.1 Å². The zero-order valence-corrected chi connectivity index (χ0v) is 12.7. The second-order valence-corrected chi connectivity index (χ2v) is 3.88. The zero-order chi connectivity index (χ0) is 12.1. The molecule has 1 aromatic rings. The first kappa shape index (κ1) is 16.4. The molecule has 0 aliphatic carbocycles. The third kappa shape index (κ3) is 5.50. The molecule has 0 heterocycles. The van der Waals surface area contributed by atoms with Crippen LogP contribution in [0.5, 0.6) is 5.75 Å². The van der Waals surface area contributed by atoms with Crippen LogP contribution < -0.4 is 34.3 Å². The third-order valence-corrected chi connectivity index (χ3v) is 2.40. The first-order valence-electron chi connectivity index (χ1n) is 5.04. The Morgan fingerprint density at radius 3 is 2.71 bits per heavy atom. The number of nitro benzene ring substituents is 1. The van der Waals surface area contributed by atoms with E-state index < -0.39 is 4.92 Å². The number of likely N-dealkylation sites (N-methyl/N-ethyl adjacent to an activating group) is 1. The number of nitro groups is 1. The molecule has 17 heavy (non-hydrogen) atoms. The molecule has 0 aliphatic heterocycles. The summed E-state index contributed by atoms with van der Waals surface area (Å²) in [5, 5.41) is 10.5. The van der Waals surface area contributed by atoms with Crippen LogP contribution in [0.25, 0.3) is 0 Å². The molecule has 0 saturated carbocycles. The van der Waals surface area contributed by atoms with Crippen LogP contribution in [0.15, 0.2) is 24.3 Å². The summed E-state index contributed by atoms with van der Waals surface area (Å²) in [7, 11) is 3.92. The number of benzene rings is 1. The van der Waals surface area contributed by atoms with Gasteiger partial charge in [-0.1, -0.05) is 6.07 Å². The number of hydrogen-bond acceptors (Lipinski definition) is 4. The van der Waals surface area contributed by atoms with Gasteiger partial charge in [0.1, 0.15) is 12.4 Å². The minimum absolute atomic E-state index is 0. The molecular formula is C11H17N2NaO3. The Labute approximate surface area is 125 Å². The van der Waals surface area contributed by atoms with E-state index in [9.17, 15) is 10.1 Å². The molecule has 6 heteroatoms. The Bertz CT molecular complexity index is 377. The summed E-state index contributed by atoms with van der Waals surface area (Å²) >= 11 is 0. The minimum atomic E-state index is -0.428. The molecule has 5 nitrogen and oxygen atoms in total. The van der Waals surface area contributed by atoms with Gasteiger partial charge in [-0.05, 0) is 27.1 Å². The Hall–Kier alpha value is -0.620. The van der Waals surface area contributed by atoms with Crippen LogP contribution in [0.4, 0.5) is 5.69 Å². The Kier molecular flexibility index (Phi) is 7.38. The van der Waals surface area contributed by atoms with E-state index in [1.165, 1.54) is 12.1 Å². The number of non-ortho nitro benzene ring substituents is 1. The maximum atomic E-state index is 10.5. The standard InChI is InChI=1S/C11H16N2O3.Na.H/c1-9(12(2)3)8-16-11-6-4-5-10(7-11)13(14)15;;/h4-7,9H,8H2,1-3H3;;/q;+1;-1. The molecule has 0 N–H and O–H groups in total. The van der Waals surface area contributed by atoms with E-state index in [2.05, 4.69) is 0 Å². The largest absolute Gasteiger partial charge is 1.00 e. The topological polar surface area (TPSA) is 55.6 Å². The average Bonchev–Trinajstić information content (AvgIpc) is 2.26. The molecule has 90 valence electrons.